The van der Waals surface area contributed by atoms with Crippen LogP contribution in [0.4, 0.5) is 0 Å². The molecule has 0 radical (unpaired) electrons. The van der Waals surface area contributed by atoms with Crippen LogP contribution in [0.2, 0.25) is 0 Å². The fourth-order valence-corrected chi connectivity index (χ4v) is 2.97. The normalized spacial score (nSPS) is 22.9. The van der Waals surface area contributed by atoms with E-state index in [-0.39, 0.29) is 0 Å². The summed E-state index contributed by atoms with van der Waals surface area (Å²) in [5, 5.41) is 18.4. The Labute approximate surface area is 121 Å². The van der Waals surface area contributed by atoms with Gasteiger partial charge in [0.25, 0.3) is 0 Å². The Morgan fingerprint density at radius 2 is 2.30 bits per heavy atom. The summed E-state index contributed by atoms with van der Waals surface area (Å²) in [6.07, 6.45) is 6.61. The van der Waals surface area contributed by atoms with Crippen molar-refractivity contribution in [1.29, 1.82) is 0 Å². The highest BCUT2D eigenvalue weighted by molar-refractivity contribution is 4.95. The van der Waals surface area contributed by atoms with E-state index in [0.717, 1.165) is 31.8 Å². The number of rotatable bonds is 6. The van der Waals surface area contributed by atoms with E-state index in [0.29, 0.717) is 18.4 Å². The van der Waals surface area contributed by atoms with Crippen molar-refractivity contribution in [3.8, 4) is 0 Å². The average Bonchev–Trinajstić information content (AvgIpc) is 2.75. The summed E-state index contributed by atoms with van der Waals surface area (Å²) in [5.74, 6) is 1.42. The quantitative estimate of drug-likeness (QED) is 0.833. The van der Waals surface area contributed by atoms with Crippen molar-refractivity contribution in [3.05, 3.63) is 12.2 Å². The molecule has 114 valence electrons. The number of nitrogens with zero attached hydrogens (tertiary/aromatic N) is 3. The van der Waals surface area contributed by atoms with Crippen LogP contribution in [0.5, 0.6) is 0 Å². The molecule has 0 aliphatic carbocycles. The minimum absolute atomic E-state index is 0.431. The van der Waals surface area contributed by atoms with Gasteiger partial charge in [0.1, 0.15) is 12.2 Å². The minimum atomic E-state index is -0.725. The standard InChI is InChI=1S/C15H28N4O/c1-12(2)10-19-14(17-11-18-19)9-15(3,20)8-13-6-4-5-7-16-13/h11-13,16,20H,4-10H2,1-3H3. The van der Waals surface area contributed by atoms with Crippen LogP contribution < -0.4 is 5.32 Å². The van der Waals surface area contributed by atoms with Gasteiger partial charge in [0.15, 0.2) is 0 Å². The summed E-state index contributed by atoms with van der Waals surface area (Å²) in [6.45, 7) is 8.17. The predicted molar refractivity (Wildman–Crippen MR) is 79.4 cm³/mol. The van der Waals surface area contributed by atoms with E-state index >= 15 is 0 Å². The molecule has 0 aromatic carbocycles. The Hall–Kier alpha value is -0.940. The summed E-state index contributed by atoms with van der Waals surface area (Å²) in [5.41, 5.74) is -0.725. The molecule has 20 heavy (non-hydrogen) atoms. The van der Waals surface area contributed by atoms with Gasteiger partial charge in [0, 0.05) is 19.0 Å². The van der Waals surface area contributed by atoms with Crippen LogP contribution >= 0.6 is 0 Å². The maximum Gasteiger partial charge on any atom is 0.138 e. The summed E-state index contributed by atoms with van der Waals surface area (Å²) >= 11 is 0. The Morgan fingerprint density at radius 1 is 1.50 bits per heavy atom. The van der Waals surface area contributed by atoms with Crippen molar-refractivity contribution >= 4 is 0 Å². The molecule has 1 saturated heterocycles. The molecule has 1 aliphatic rings. The highest BCUT2D eigenvalue weighted by atomic mass is 16.3. The lowest BCUT2D eigenvalue weighted by molar-refractivity contribution is 0.0341. The highest BCUT2D eigenvalue weighted by Gasteiger charge is 2.28. The van der Waals surface area contributed by atoms with E-state index in [4.69, 9.17) is 0 Å². The lowest BCUT2D eigenvalue weighted by Crippen LogP contribution is -2.42. The molecule has 2 unspecified atom stereocenters. The lowest BCUT2D eigenvalue weighted by Gasteiger charge is -2.31. The van der Waals surface area contributed by atoms with Crippen LogP contribution in [0.15, 0.2) is 6.33 Å². The third kappa shape index (κ3) is 4.56. The van der Waals surface area contributed by atoms with Crippen LogP contribution in [-0.4, -0.2) is 38.1 Å². The molecule has 2 atom stereocenters. The number of piperidine rings is 1. The molecule has 0 bridgehead atoms. The van der Waals surface area contributed by atoms with Gasteiger partial charge in [0.05, 0.1) is 5.60 Å². The Kier molecular flexibility index (Phi) is 5.16. The second-order valence-electron chi connectivity index (χ2n) is 6.78. The lowest BCUT2D eigenvalue weighted by atomic mass is 9.89. The molecule has 1 aromatic heterocycles. The van der Waals surface area contributed by atoms with Gasteiger partial charge in [-0.15, -0.1) is 0 Å². The van der Waals surface area contributed by atoms with Gasteiger partial charge in [-0.3, -0.25) is 0 Å². The van der Waals surface area contributed by atoms with Crippen LogP contribution in [0, 0.1) is 5.92 Å². The molecule has 0 saturated carbocycles. The molecule has 1 aliphatic heterocycles. The van der Waals surface area contributed by atoms with E-state index in [1.54, 1.807) is 6.33 Å². The van der Waals surface area contributed by atoms with Gasteiger partial charge in [-0.05, 0) is 38.6 Å². The molecule has 0 spiro atoms. The second-order valence-corrected chi connectivity index (χ2v) is 6.78. The molecule has 2 heterocycles. The fourth-order valence-electron chi connectivity index (χ4n) is 2.97. The maximum absolute atomic E-state index is 10.7. The molecule has 0 amide bonds. The molecule has 5 nitrogen and oxygen atoms in total. The van der Waals surface area contributed by atoms with Gasteiger partial charge in [-0.2, -0.15) is 5.10 Å². The van der Waals surface area contributed by atoms with Gasteiger partial charge in [-0.25, -0.2) is 9.67 Å². The second kappa shape index (κ2) is 6.68. The van der Waals surface area contributed by atoms with E-state index in [1.807, 2.05) is 11.6 Å². The first kappa shape index (κ1) is 15.4. The fraction of sp³-hybridized carbons (Fsp3) is 0.867. The first-order chi connectivity index (χ1) is 9.46. The molecule has 1 aromatic rings. The van der Waals surface area contributed by atoms with Gasteiger partial charge >= 0.3 is 0 Å². The van der Waals surface area contributed by atoms with Crippen molar-refractivity contribution in [3.63, 3.8) is 0 Å². The van der Waals surface area contributed by atoms with Crippen LogP contribution in [0.25, 0.3) is 0 Å². The topological polar surface area (TPSA) is 63.0 Å². The Bertz CT molecular complexity index is 408. The molecular weight excluding hydrogens is 252 g/mol. The van der Waals surface area contributed by atoms with Crippen LogP contribution in [0.3, 0.4) is 0 Å². The van der Waals surface area contributed by atoms with Crippen molar-refractivity contribution in [2.24, 2.45) is 5.92 Å². The minimum Gasteiger partial charge on any atom is -0.390 e. The average molecular weight is 280 g/mol. The zero-order chi connectivity index (χ0) is 14.6. The molecule has 2 rings (SSSR count). The third-order valence-corrected chi connectivity index (χ3v) is 3.87. The van der Waals surface area contributed by atoms with E-state index in [2.05, 4.69) is 29.2 Å². The SMILES string of the molecule is CC(C)Cn1ncnc1CC(C)(O)CC1CCCCN1. The zero-order valence-electron chi connectivity index (χ0n) is 13.0. The Morgan fingerprint density at radius 3 is 2.95 bits per heavy atom. The van der Waals surface area contributed by atoms with Crippen LogP contribution in [0.1, 0.15) is 52.3 Å². The monoisotopic (exact) mass is 280 g/mol. The number of hydrogen-bond acceptors (Lipinski definition) is 4. The predicted octanol–water partition coefficient (Wildman–Crippen LogP) is 1.76. The van der Waals surface area contributed by atoms with E-state index in [9.17, 15) is 5.11 Å². The van der Waals surface area contributed by atoms with Gasteiger partial charge < -0.3 is 10.4 Å². The molecular formula is C15H28N4O. The number of aromatic nitrogens is 3. The van der Waals surface area contributed by atoms with Gasteiger partial charge in [0.2, 0.25) is 0 Å². The third-order valence-electron chi connectivity index (χ3n) is 3.87. The summed E-state index contributed by atoms with van der Waals surface area (Å²) in [6, 6.07) is 0.431. The summed E-state index contributed by atoms with van der Waals surface area (Å²) < 4.78 is 1.92. The van der Waals surface area contributed by atoms with Crippen molar-refractivity contribution in [2.45, 2.75) is 71.1 Å². The maximum atomic E-state index is 10.7. The largest absolute Gasteiger partial charge is 0.390 e. The van der Waals surface area contributed by atoms with E-state index < -0.39 is 5.60 Å². The molecule has 1 fully saturated rings. The van der Waals surface area contributed by atoms with Gasteiger partial charge in [-0.1, -0.05) is 20.3 Å². The van der Waals surface area contributed by atoms with Crippen molar-refractivity contribution in [2.75, 3.05) is 6.54 Å². The van der Waals surface area contributed by atoms with Crippen molar-refractivity contribution < 1.29 is 5.11 Å². The number of aliphatic hydroxyl groups is 1. The molecule has 5 heteroatoms. The summed E-state index contributed by atoms with van der Waals surface area (Å²) in [7, 11) is 0. The Balaban J connectivity index is 1.94. The smallest absolute Gasteiger partial charge is 0.138 e. The van der Waals surface area contributed by atoms with E-state index in [1.165, 1.54) is 12.8 Å². The summed E-state index contributed by atoms with van der Waals surface area (Å²) in [4.78, 5) is 4.32. The highest BCUT2D eigenvalue weighted by Crippen LogP contribution is 2.22. The first-order valence-corrected chi connectivity index (χ1v) is 7.79. The van der Waals surface area contributed by atoms with Crippen LogP contribution in [-0.2, 0) is 13.0 Å². The number of hydrogen-bond donors (Lipinski definition) is 2. The first-order valence-electron chi connectivity index (χ1n) is 7.79. The zero-order valence-corrected chi connectivity index (χ0v) is 13.0. The number of nitrogens with one attached hydrogen (secondary N) is 1. The molecule has 2 N–H and O–H groups in total. The van der Waals surface area contributed by atoms with Crippen molar-refractivity contribution in [1.82, 2.24) is 20.1 Å².